The maximum atomic E-state index is 12.9. The fourth-order valence-electron chi connectivity index (χ4n) is 10.9. The van der Waals surface area contributed by atoms with Crippen LogP contribution in [0.1, 0.15) is 355 Å². The largest absolute Gasteiger partial charge is 0.472 e. The number of aliphatic hydroxyl groups is 2. The number of carbonyl (C=O) groups excluding carboxylic acids is 3. The third-order valence-electron chi connectivity index (χ3n) is 16.9. The Balaban J connectivity index is 4.33. The van der Waals surface area contributed by atoms with Crippen LogP contribution in [0.5, 0.6) is 0 Å². The molecule has 0 aliphatic heterocycles. The van der Waals surface area contributed by atoms with Gasteiger partial charge in [-0.05, 0) is 89.9 Å². The minimum Gasteiger partial charge on any atom is -0.463 e. The number of ether oxygens (including phenoxy) is 3. The van der Waals surface area contributed by atoms with E-state index in [1.54, 1.807) is 0 Å². The molecule has 0 amide bonds. The van der Waals surface area contributed by atoms with Gasteiger partial charge in [0.1, 0.15) is 25.4 Å². The number of hydrogen-bond donors (Lipinski definition) is 4. The summed E-state index contributed by atoms with van der Waals surface area (Å²) >= 11 is 0. The first kappa shape index (κ1) is 94.0. The lowest BCUT2D eigenvalue weighted by Gasteiger charge is -2.21. The summed E-state index contributed by atoms with van der Waals surface area (Å²) in [7, 11) is -9.77. The van der Waals surface area contributed by atoms with Crippen LogP contribution in [0.3, 0.4) is 0 Å². The van der Waals surface area contributed by atoms with E-state index in [4.69, 9.17) is 32.3 Å². The van der Waals surface area contributed by atoms with E-state index in [1.165, 1.54) is 180 Å². The van der Waals surface area contributed by atoms with E-state index in [1.807, 2.05) is 0 Å². The first-order valence-corrected chi connectivity index (χ1v) is 42.2. The Morgan fingerprint density at radius 2 is 0.546 bits per heavy atom. The third kappa shape index (κ3) is 74.0. The predicted molar refractivity (Wildman–Crippen MR) is 399 cm³/mol. The number of allylic oxidation sites excluding steroid dienone is 12. The molecule has 0 radical (unpaired) electrons. The summed E-state index contributed by atoms with van der Waals surface area (Å²) in [6, 6.07) is 0. The highest BCUT2D eigenvalue weighted by atomic mass is 31.2. The summed E-state index contributed by atoms with van der Waals surface area (Å²) in [5.41, 5.74) is 0. The highest BCUT2D eigenvalue weighted by molar-refractivity contribution is 7.47. The molecule has 5 unspecified atom stereocenters. The van der Waals surface area contributed by atoms with Crippen molar-refractivity contribution in [3.8, 4) is 0 Å². The average molecular weight is 1410 g/mol. The molecule has 4 N–H and O–H groups in total. The minimum absolute atomic E-state index is 0.110. The average Bonchev–Trinajstić information content (AvgIpc) is 1.49. The van der Waals surface area contributed by atoms with Crippen molar-refractivity contribution in [1.82, 2.24) is 0 Å². The normalized spacial score (nSPS) is 14.4. The van der Waals surface area contributed by atoms with Crippen LogP contribution in [-0.4, -0.2) is 95.9 Å². The molecule has 0 rings (SSSR count). The summed E-state index contributed by atoms with van der Waals surface area (Å²) in [5, 5.41) is 20.6. The standard InChI is InChI=1S/C79H144O16P2/c1-4-7-10-13-16-19-22-25-27-28-29-30-31-32-33-34-35-36-37-38-39-40-41-42-43-44-46-49-50-53-56-59-62-65-77(82)89-68-74(80)69-91-96(85,86)92-70-75(81)71-93-97(87,88)94-73-76(95-79(84)67-64-61-58-55-52-47-24-21-18-15-12-9-6-3)72-90-78(83)66-63-60-57-54-51-48-45-26-23-20-17-14-11-8-5-2/h7,10,16,19,25-27,29-30,32-33,45,74-76,80-81H,4-6,8-9,11-15,17-18,20-24,28,31,34-44,46-73H2,1-3H3,(H,85,86)(H,87,88)/b10-7-,19-16-,27-25-,30-29-,33-32-,45-26-. The lowest BCUT2D eigenvalue weighted by atomic mass is 10.0. The number of esters is 3. The summed E-state index contributed by atoms with van der Waals surface area (Å²) in [5.74, 6) is -1.56. The quantitative estimate of drug-likeness (QED) is 0.0146. The number of rotatable bonds is 75. The van der Waals surface area contributed by atoms with Crippen LogP contribution in [0, 0.1) is 0 Å². The van der Waals surface area contributed by atoms with Crippen LogP contribution in [-0.2, 0) is 55.8 Å². The summed E-state index contributed by atoms with van der Waals surface area (Å²) < 4.78 is 61.0. The molecule has 0 heterocycles. The Hall–Kier alpha value is -3.01. The van der Waals surface area contributed by atoms with E-state index in [0.717, 1.165) is 116 Å². The molecule has 0 aliphatic carbocycles. The van der Waals surface area contributed by atoms with Crippen LogP contribution >= 0.6 is 15.6 Å². The van der Waals surface area contributed by atoms with Crippen molar-refractivity contribution in [3.05, 3.63) is 72.9 Å². The van der Waals surface area contributed by atoms with Gasteiger partial charge in [-0.3, -0.25) is 32.5 Å². The van der Waals surface area contributed by atoms with Crippen molar-refractivity contribution in [2.24, 2.45) is 0 Å². The van der Waals surface area contributed by atoms with E-state index in [-0.39, 0.29) is 19.3 Å². The zero-order valence-electron chi connectivity index (χ0n) is 61.8. The topological polar surface area (TPSA) is 231 Å². The van der Waals surface area contributed by atoms with Gasteiger partial charge in [-0.2, -0.15) is 0 Å². The van der Waals surface area contributed by atoms with Gasteiger partial charge in [0.2, 0.25) is 0 Å². The second-order valence-corrected chi connectivity index (χ2v) is 29.4. The van der Waals surface area contributed by atoms with Gasteiger partial charge in [0.15, 0.2) is 6.10 Å². The van der Waals surface area contributed by atoms with Gasteiger partial charge < -0.3 is 34.2 Å². The summed E-state index contributed by atoms with van der Waals surface area (Å²) in [4.78, 5) is 58.5. The molecule has 0 saturated heterocycles. The van der Waals surface area contributed by atoms with Crippen LogP contribution in [0.25, 0.3) is 0 Å². The van der Waals surface area contributed by atoms with Gasteiger partial charge in [-0.15, -0.1) is 0 Å². The van der Waals surface area contributed by atoms with Gasteiger partial charge in [-0.25, -0.2) is 9.13 Å². The van der Waals surface area contributed by atoms with Crippen molar-refractivity contribution < 1.29 is 75.8 Å². The Kier molecular flexibility index (Phi) is 70.5. The van der Waals surface area contributed by atoms with E-state index >= 15 is 0 Å². The van der Waals surface area contributed by atoms with Gasteiger partial charge >= 0.3 is 33.6 Å². The molecular formula is C79H144O16P2. The molecule has 0 spiro atoms. The molecule has 0 aromatic carbocycles. The highest BCUT2D eigenvalue weighted by Gasteiger charge is 2.29. The Bertz CT molecular complexity index is 2060. The molecule has 0 aromatic heterocycles. The van der Waals surface area contributed by atoms with E-state index in [0.29, 0.717) is 19.3 Å². The molecule has 5 atom stereocenters. The lowest BCUT2D eigenvalue weighted by molar-refractivity contribution is -0.161. The minimum atomic E-state index is -4.92. The van der Waals surface area contributed by atoms with Crippen LogP contribution in [0.15, 0.2) is 72.9 Å². The van der Waals surface area contributed by atoms with Gasteiger partial charge in [0.05, 0.1) is 26.4 Å². The number of carbonyl (C=O) groups is 3. The predicted octanol–water partition coefficient (Wildman–Crippen LogP) is 22.7. The van der Waals surface area contributed by atoms with Crippen molar-refractivity contribution in [2.45, 2.75) is 373 Å². The van der Waals surface area contributed by atoms with Gasteiger partial charge in [0.25, 0.3) is 0 Å². The van der Waals surface area contributed by atoms with Crippen LogP contribution < -0.4 is 0 Å². The molecule has 0 bridgehead atoms. The van der Waals surface area contributed by atoms with Crippen molar-refractivity contribution in [2.75, 3.05) is 39.6 Å². The van der Waals surface area contributed by atoms with Gasteiger partial charge in [0, 0.05) is 19.3 Å². The van der Waals surface area contributed by atoms with E-state index < -0.39 is 91.5 Å². The maximum absolute atomic E-state index is 12.9. The Morgan fingerprint density at radius 3 is 0.876 bits per heavy atom. The summed E-state index contributed by atoms with van der Waals surface area (Å²) in [6.45, 7) is 2.60. The molecule has 0 aromatic rings. The molecule has 0 aliphatic rings. The molecule has 0 saturated carbocycles. The first-order valence-electron chi connectivity index (χ1n) is 39.2. The molecule has 0 fully saturated rings. The lowest BCUT2D eigenvalue weighted by Crippen LogP contribution is -2.30. The second kappa shape index (κ2) is 72.8. The van der Waals surface area contributed by atoms with Crippen molar-refractivity contribution in [3.63, 3.8) is 0 Å². The number of phosphoric ester groups is 2. The fourth-order valence-corrected chi connectivity index (χ4v) is 12.5. The number of unbranched alkanes of at least 4 members (excludes halogenated alkanes) is 40. The number of hydrogen-bond acceptors (Lipinski definition) is 14. The van der Waals surface area contributed by atoms with Crippen molar-refractivity contribution in [1.29, 1.82) is 0 Å². The molecular weight excluding hydrogens is 1270 g/mol. The molecule has 97 heavy (non-hydrogen) atoms. The van der Waals surface area contributed by atoms with Crippen LogP contribution in [0.2, 0.25) is 0 Å². The first-order chi connectivity index (χ1) is 47.2. The Morgan fingerprint density at radius 1 is 0.299 bits per heavy atom. The summed E-state index contributed by atoms with van der Waals surface area (Å²) in [6.07, 6.45) is 79.7. The SMILES string of the molecule is CC/C=C\C/C=C\C/C=C\C/C=C\C/C=C\CCCCCCCCCCCCCCCCCCCC(=O)OCC(O)COP(=O)(O)OCC(O)COP(=O)(O)OCC(COC(=O)CCCCCCC/C=C\CCCCCCCC)OC(=O)CCCCCCCCCCCCCCC. The van der Waals surface area contributed by atoms with Crippen molar-refractivity contribution >= 4 is 33.6 Å². The highest BCUT2D eigenvalue weighted by Crippen LogP contribution is 2.45. The molecule has 18 heteroatoms. The molecule has 16 nitrogen and oxygen atoms in total. The van der Waals surface area contributed by atoms with Crippen LogP contribution in [0.4, 0.5) is 0 Å². The Labute approximate surface area is 592 Å². The van der Waals surface area contributed by atoms with E-state index in [2.05, 4.69) is 93.7 Å². The third-order valence-corrected chi connectivity index (χ3v) is 18.8. The number of aliphatic hydroxyl groups excluding tert-OH is 2. The smallest absolute Gasteiger partial charge is 0.463 e. The van der Waals surface area contributed by atoms with Gasteiger partial charge in [-0.1, -0.05) is 318 Å². The second-order valence-electron chi connectivity index (χ2n) is 26.5. The zero-order valence-corrected chi connectivity index (χ0v) is 63.5. The van der Waals surface area contributed by atoms with E-state index in [9.17, 15) is 43.5 Å². The maximum Gasteiger partial charge on any atom is 0.472 e. The zero-order chi connectivity index (χ0) is 70.9. The fraction of sp³-hybridized carbons (Fsp3) is 0.810. The number of phosphoric acid groups is 2. The monoisotopic (exact) mass is 1410 g/mol. The molecule has 566 valence electrons.